The van der Waals surface area contributed by atoms with Crippen LogP contribution in [0.5, 0.6) is 5.75 Å². The van der Waals surface area contributed by atoms with E-state index in [1.165, 1.54) is 0 Å². The fourth-order valence-electron chi connectivity index (χ4n) is 11.5. The SMILES string of the molecule is [2H]C1(c2ccc(-c3ncc4c(n3)oc3c(-c5nc6c(-c7cc(-c8cc(-c9ccccc9)ccn8)cc(C(C)(C)C)c7)cccc6n5-c5ccccc5-c5ccccc5)c(O)c(C(C)(C)C)cc34)cc2)CCC(C(F)(F)F)(C(F)(F)F)CC1. The van der Waals surface area contributed by atoms with Crippen LogP contribution in [0.3, 0.4) is 0 Å². The van der Waals surface area contributed by atoms with Crippen LogP contribution in [0.15, 0.2) is 181 Å². The summed E-state index contributed by atoms with van der Waals surface area (Å²) in [5.41, 5.74) is 8.39. The van der Waals surface area contributed by atoms with E-state index in [2.05, 4.69) is 86.0 Å². The van der Waals surface area contributed by atoms with Gasteiger partial charge in [0.1, 0.15) is 11.3 Å². The molecule has 1 aliphatic carbocycles. The largest absolute Gasteiger partial charge is 0.507 e. The third-order valence-electron chi connectivity index (χ3n) is 16.1. The van der Waals surface area contributed by atoms with E-state index < -0.39 is 54.8 Å². The highest BCUT2D eigenvalue weighted by Crippen LogP contribution is 2.60. The van der Waals surface area contributed by atoms with E-state index in [1.807, 2.05) is 106 Å². The van der Waals surface area contributed by atoms with Crippen molar-refractivity contribution in [1.29, 1.82) is 0 Å². The van der Waals surface area contributed by atoms with E-state index in [1.54, 1.807) is 30.5 Å². The molecule has 7 nitrogen and oxygen atoms in total. The Morgan fingerprint density at radius 1 is 0.593 bits per heavy atom. The van der Waals surface area contributed by atoms with Crippen LogP contribution < -0.4 is 0 Å². The van der Waals surface area contributed by atoms with Crippen LogP contribution >= 0.6 is 0 Å². The number of aromatic hydroxyl groups is 1. The van der Waals surface area contributed by atoms with Crippen molar-refractivity contribution in [3.8, 4) is 78.9 Å². The van der Waals surface area contributed by atoms with Gasteiger partial charge in [-0.2, -0.15) is 31.3 Å². The zero-order valence-corrected chi connectivity index (χ0v) is 45.4. The van der Waals surface area contributed by atoms with Crippen LogP contribution in [0.4, 0.5) is 26.3 Å². The van der Waals surface area contributed by atoms with Gasteiger partial charge in [-0.25, -0.2) is 9.97 Å². The lowest BCUT2D eigenvalue weighted by Crippen LogP contribution is -2.51. The van der Waals surface area contributed by atoms with Crippen LogP contribution in [0, 0.1) is 5.41 Å². The quantitative estimate of drug-likeness (QED) is 0.153. The van der Waals surface area contributed by atoms with Gasteiger partial charge in [0.15, 0.2) is 22.6 Å². The predicted octanol–water partition coefficient (Wildman–Crippen LogP) is 19.2. The molecule has 0 radical (unpaired) electrons. The van der Waals surface area contributed by atoms with Gasteiger partial charge >= 0.3 is 12.4 Å². The number of phenolic OH excluding ortho intramolecular Hbond substituents is 1. The maximum atomic E-state index is 14.0. The summed E-state index contributed by atoms with van der Waals surface area (Å²) in [4.78, 5) is 20.2. The molecule has 1 saturated carbocycles. The van der Waals surface area contributed by atoms with Gasteiger partial charge in [-0.05, 0) is 118 Å². The van der Waals surface area contributed by atoms with Crippen LogP contribution in [0.2, 0.25) is 0 Å². The number of rotatable bonds is 8. The maximum absolute atomic E-state index is 14.0. The molecule has 4 heterocycles. The zero-order valence-electron chi connectivity index (χ0n) is 46.4. The lowest BCUT2D eigenvalue weighted by Gasteiger charge is -2.42. The summed E-state index contributed by atoms with van der Waals surface area (Å²) in [5, 5.41) is 14.2. The Hall–Kier alpha value is -8.58. The van der Waals surface area contributed by atoms with E-state index in [4.69, 9.17) is 25.7 Å². The molecule has 0 saturated heterocycles. The first kappa shape index (κ1) is 51.8. The number of nitrogens with zero attached hydrogens (tertiary/aromatic N) is 5. The van der Waals surface area contributed by atoms with Gasteiger partial charge in [-0.15, -0.1) is 0 Å². The Balaban J connectivity index is 1.04. The highest BCUT2D eigenvalue weighted by molar-refractivity contribution is 6.11. The van der Waals surface area contributed by atoms with Gasteiger partial charge < -0.3 is 9.52 Å². The topological polar surface area (TPSA) is 89.9 Å². The minimum atomic E-state index is -5.50. The van der Waals surface area contributed by atoms with Crippen molar-refractivity contribution >= 4 is 33.1 Å². The Morgan fingerprint density at radius 3 is 1.90 bits per heavy atom. The molecular weight excluding hydrogens is 1030 g/mol. The molecule has 1 fully saturated rings. The summed E-state index contributed by atoms with van der Waals surface area (Å²) < 4.78 is 102. The fourth-order valence-corrected chi connectivity index (χ4v) is 11.5. The number of benzene rings is 7. The summed E-state index contributed by atoms with van der Waals surface area (Å²) in [6.45, 7) is 12.6. The molecular formula is C68H57F6N5O2. The second kappa shape index (κ2) is 19.6. The summed E-state index contributed by atoms with van der Waals surface area (Å²) in [6.07, 6.45) is -11.2. The third kappa shape index (κ3) is 9.39. The van der Waals surface area contributed by atoms with E-state index >= 15 is 0 Å². The first-order chi connectivity index (χ1) is 38.9. The normalized spacial score (nSPS) is 15.1. The first-order valence-electron chi connectivity index (χ1n) is 27.5. The highest BCUT2D eigenvalue weighted by atomic mass is 19.4. The minimum absolute atomic E-state index is 0.0331. The average molecular weight is 1090 g/mol. The number of imidazole rings is 1. The second-order valence-electron chi connectivity index (χ2n) is 23.2. The molecule has 0 bridgehead atoms. The van der Waals surface area contributed by atoms with Crippen molar-refractivity contribution in [3.05, 3.63) is 193 Å². The van der Waals surface area contributed by atoms with Crippen molar-refractivity contribution in [3.63, 3.8) is 0 Å². The van der Waals surface area contributed by atoms with Crippen molar-refractivity contribution in [2.45, 2.75) is 96.3 Å². The molecule has 1 aliphatic rings. The number of para-hydroxylation sites is 2. The van der Waals surface area contributed by atoms with Gasteiger partial charge in [0.25, 0.3) is 0 Å². The molecule has 81 heavy (non-hydrogen) atoms. The molecule has 0 aliphatic heterocycles. The Morgan fingerprint density at radius 2 is 1.23 bits per heavy atom. The molecule has 0 spiro atoms. The van der Waals surface area contributed by atoms with Crippen LogP contribution in [0.1, 0.15) is 91.2 Å². The molecule has 0 atom stereocenters. The van der Waals surface area contributed by atoms with Gasteiger partial charge in [-0.1, -0.05) is 163 Å². The Labute approximate surface area is 466 Å². The molecule has 1 N–H and O–H groups in total. The number of furan rings is 1. The molecule has 0 amide bonds. The van der Waals surface area contributed by atoms with E-state index in [0.29, 0.717) is 50.0 Å². The van der Waals surface area contributed by atoms with Crippen molar-refractivity contribution in [2.75, 3.05) is 0 Å². The molecule has 408 valence electrons. The number of hydrogen-bond donors (Lipinski definition) is 1. The van der Waals surface area contributed by atoms with Crippen LogP contribution in [-0.2, 0) is 10.8 Å². The zero-order chi connectivity index (χ0) is 57.7. The smallest absolute Gasteiger partial charge is 0.403 e. The van der Waals surface area contributed by atoms with Gasteiger partial charge in [0.05, 0.1) is 27.8 Å². The number of fused-ring (bicyclic) bond motifs is 4. The number of alkyl halides is 6. The van der Waals surface area contributed by atoms with Crippen molar-refractivity contribution < 1.29 is 37.2 Å². The molecule has 4 aromatic heterocycles. The van der Waals surface area contributed by atoms with Crippen LogP contribution in [-0.4, -0.2) is 42.0 Å². The average Bonchev–Trinajstić information content (AvgIpc) is 2.96. The summed E-state index contributed by atoms with van der Waals surface area (Å²) in [5.74, 6) is -1.07. The van der Waals surface area contributed by atoms with Crippen molar-refractivity contribution in [2.24, 2.45) is 5.41 Å². The van der Waals surface area contributed by atoms with E-state index in [0.717, 1.165) is 61.4 Å². The third-order valence-corrected chi connectivity index (χ3v) is 16.1. The number of aromatic nitrogens is 5. The molecule has 13 heteroatoms. The maximum Gasteiger partial charge on any atom is 0.403 e. The van der Waals surface area contributed by atoms with Gasteiger partial charge in [0, 0.05) is 47.0 Å². The fraction of sp³-hybridized carbons (Fsp3) is 0.235. The number of phenols is 1. The predicted molar refractivity (Wildman–Crippen MR) is 309 cm³/mol. The molecule has 0 unspecified atom stereocenters. The Kier molecular flexibility index (Phi) is 12.5. The van der Waals surface area contributed by atoms with Gasteiger partial charge in [0.2, 0.25) is 5.71 Å². The standard InChI is InChI=1S/C68H57F6N5O2/c1-64(2,3)48-35-46(34-47(36-48)54-37-45(30-33-75-54)40-16-9-7-10-17-40)50-21-15-23-56-58(50)77-62(79(56)55-22-14-13-20-49(55)43-18-11-8-12-19-43)57-59(80)53(65(4,5)6)38-51-52-39-76-61(78-63(52)81-60(51)57)44-26-24-41(25-27-44)42-28-31-66(32-29-42,67(69,70)71)68(72,73)74/h7-27,30,33-39,42,80H,28-29,31-32H2,1-6H3/i42D. The van der Waals surface area contributed by atoms with Crippen molar-refractivity contribution in [1.82, 2.24) is 24.5 Å². The summed E-state index contributed by atoms with van der Waals surface area (Å²) in [7, 11) is 0. The summed E-state index contributed by atoms with van der Waals surface area (Å²) in [6, 6.07) is 53.5. The lowest BCUT2D eigenvalue weighted by atomic mass is 9.68. The molecule has 12 rings (SSSR count). The Bertz CT molecular complexity index is 4230. The molecule has 7 aromatic carbocycles. The number of pyridine rings is 1. The number of hydrogen-bond acceptors (Lipinski definition) is 6. The van der Waals surface area contributed by atoms with Gasteiger partial charge in [-0.3, -0.25) is 9.55 Å². The molecule has 11 aromatic rings. The van der Waals surface area contributed by atoms with Crippen LogP contribution in [0.25, 0.3) is 106 Å². The monoisotopic (exact) mass is 1090 g/mol. The van der Waals surface area contributed by atoms with E-state index in [9.17, 15) is 31.4 Å². The lowest BCUT2D eigenvalue weighted by molar-refractivity contribution is -0.350. The second-order valence-corrected chi connectivity index (χ2v) is 23.2. The number of halogens is 6. The highest BCUT2D eigenvalue weighted by Gasteiger charge is 2.70. The first-order valence-corrected chi connectivity index (χ1v) is 27.0. The van der Waals surface area contributed by atoms with E-state index in [-0.39, 0.29) is 22.7 Å². The summed E-state index contributed by atoms with van der Waals surface area (Å²) >= 11 is 0. The minimum Gasteiger partial charge on any atom is -0.507 e.